The van der Waals surface area contributed by atoms with E-state index in [0.29, 0.717) is 17.5 Å². The Hall–Kier alpha value is -1.16. The number of ether oxygens (including phenoxy) is 1. The van der Waals surface area contributed by atoms with Gasteiger partial charge in [-0.15, -0.1) is 0 Å². The van der Waals surface area contributed by atoms with Crippen molar-refractivity contribution >= 4 is 27.7 Å². The first-order valence-corrected chi connectivity index (χ1v) is 6.55. The third-order valence-electron chi connectivity index (χ3n) is 2.43. The van der Waals surface area contributed by atoms with Crippen molar-refractivity contribution in [3.63, 3.8) is 0 Å². The normalized spacial score (nSPS) is 10.1. The third kappa shape index (κ3) is 3.66. The largest absolute Gasteiger partial charge is 0.462 e. The predicted molar refractivity (Wildman–Crippen MR) is 69.6 cm³/mol. The maximum Gasteiger partial charge on any atom is 0.338 e. The molecule has 0 bridgehead atoms. The number of carbonyl (C=O) groups is 2. The van der Waals surface area contributed by atoms with Crippen molar-refractivity contribution in [3.05, 3.63) is 34.9 Å². The standard InChI is InChI=1S/C13H15BrO3/c1-3-17-13(16)11-6-4-5-9(2)12(11)7-10(15)8-14/h4-6H,3,7-8H2,1-2H3. The molecule has 0 atom stereocenters. The molecule has 0 unspecified atom stereocenters. The van der Waals surface area contributed by atoms with Crippen LogP contribution in [0.5, 0.6) is 0 Å². The van der Waals surface area contributed by atoms with Gasteiger partial charge in [0, 0.05) is 6.42 Å². The van der Waals surface area contributed by atoms with E-state index in [-0.39, 0.29) is 18.2 Å². The molecule has 0 saturated carbocycles. The van der Waals surface area contributed by atoms with Crippen molar-refractivity contribution in [2.24, 2.45) is 0 Å². The van der Waals surface area contributed by atoms with Gasteiger partial charge >= 0.3 is 5.97 Å². The SMILES string of the molecule is CCOC(=O)c1cccc(C)c1CC(=O)CBr. The molecule has 0 saturated heterocycles. The molecule has 0 aliphatic heterocycles. The highest BCUT2D eigenvalue weighted by Gasteiger charge is 2.16. The number of rotatable bonds is 5. The summed E-state index contributed by atoms with van der Waals surface area (Å²) in [5.41, 5.74) is 2.18. The highest BCUT2D eigenvalue weighted by molar-refractivity contribution is 9.09. The van der Waals surface area contributed by atoms with Gasteiger partial charge in [0.15, 0.2) is 0 Å². The van der Waals surface area contributed by atoms with Crippen molar-refractivity contribution in [2.45, 2.75) is 20.3 Å². The molecule has 0 aromatic heterocycles. The van der Waals surface area contributed by atoms with Gasteiger partial charge in [-0.2, -0.15) is 0 Å². The van der Waals surface area contributed by atoms with Crippen LogP contribution in [-0.2, 0) is 16.0 Å². The van der Waals surface area contributed by atoms with Crippen LogP contribution in [0.25, 0.3) is 0 Å². The monoisotopic (exact) mass is 298 g/mol. The van der Waals surface area contributed by atoms with Crippen molar-refractivity contribution in [1.29, 1.82) is 0 Å². The molecule has 0 aliphatic carbocycles. The van der Waals surface area contributed by atoms with Gasteiger partial charge in [-0.05, 0) is 31.0 Å². The van der Waals surface area contributed by atoms with E-state index in [1.54, 1.807) is 19.1 Å². The van der Waals surface area contributed by atoms with Crippen molar-refractivity contribution in [2.75, 3.05) is 11.9 Å². The first-order valence-electron chi connectivity index (χ1n) is 5.43. The summed E-state index contributed by atoms with van der Waals surface area (Å²) in [7, 11) is 0. The smallest absolute Gasteiger partial charge is 0.338 e. The fourth-order valence-corrected chi connectivity index (χ4v) is 1.78. The Morgan fingerprint density at radius 3 is 2.65 bits per heavy atom. The van der Waals surface area contributed by atoms with Gasteiger partial charge in [0.1, 0.15) is 5.78 Å². The molecule has 4 heteroatoms. The molecule has 3 nitrogen and oxygen atoms in total. The number of hydrogen-bond acceptors (Lipinski definition) is 3. The molecule has 0 spiro atoms. The topological polar surface area (TPSA) is 43.4 Å². The van der Waals surface area contributed by atoms with E-state index in [1.807, 2.05) is 13.0 Å². The fraction of sp³-hybridized carbons (Fsp3) is 0.385. The number of benzene rings is 1. The first-order chi connectivity index (χ1) is 8.10. The van der Waals surface area contributed by atoms with Crippen molar-refractivity contribution in [1.82, 2.24) is 0 Å². The van der Waals surface area contributed by atoms with Gasteiger partial charge in [0.2, 0.25) is 0 Å². The molecule has 1 aromatic carbocycles. The Morgan fingerprint density at radius 2 is 2.06 bits per heavy atom. The van der Waals surface area contributed by atoms with Gasteiger partial charge < -0.3 is 4.74 Å². The average molecular weight is 299 g/mol. The molecule has 0 aliphatic rings. The van der Waals surface area contributed by atoms with Crippen molar-refractivity contribution in [3.8, 4) is 0 Å². The number of halogens is 1. The second-order valence-corrected chi connectivity index (χ2v) is 4.23. The summed E-state index contributed by atoms with van der Waals surface area (Å²) in [6.07, 6.45) is 0.256. The number of Topliss-reactive ketones (excluding diaryl/α,β-unsaturated/α-hetero) is 1. The van der Waals surface area contributed by atoms with Crippen LogP contribution in [0, 0.1) is 6.92 Å². The Labute approximate surface area is 109 Å². The van der Waals surface area contributed by atoms with E-state index < -0.39 is 0 Å². The molecule has 92 valence electrons. The van der Waals surface area contributed by atoms with Crippen molar-refractivity contribution < 1.29 is 14.3 Å². The van der Waals surface area contributed by atoms with Gasteiger partial charge in [-0.1, -0.05) is 28.1 Å². The lowest BCUT2D eigenvalue weighted by Gasteiger charge is -2.10. The van der Waals surface area contributed by atoms with Gasteiger partial charge in [0.25, 0.3) is 0 Å². The zero-order chi connectivity index (χ0) is 12.8. The summed E-state index contributed by atoms with van der Waals surface area (Å²) in [5, 5.41) is 0.295. The molecule has 1 aromatic rings. The van der Waals surface area contributed by atoms with Crippen LogP contribution < -0.4 is 0 Å². The van der Waals surface area contributed by atoms with Gasteiger partial charge in [-0.25, -0.2) is 4.79 Å². The third-order valence-corrected chi connectivity index (χ3v) is 3.05. The summed E-state index contributed by atoms with van der Waals surface area (Å²) in [6.45, 7) is 3.98. The van der Waals surface area contributed by atoms with E-state index in [9.17, 15) is 9.59 Å². The molecular formula is C13H15BrO3. The minimum atomic E-state index is -0.367. The lowest BCUT2D eigenvalue weighted by atomic mass is 9.97. The van der Waals surface area contributed by atoms with Crippen LogP contribution in [0.15, 0.2) is 18.2 Å². The van der Waals surface area contributed by atoms with Gasteiger partial charge in [0.05, 0.1) is 17.5 Å². The number of aryl methyl sites for hydroxylation is 1. The predicted octanol–water partition coefficient (Wildman–Crippen LogP) is 2.68. The van der Waals surface area contributed by atoms with E-state index in [0.717, 1.165) is 11.1 Å². The minimum Gasteiger partial charge on any atom is -0.462 e. The molecule has 0 fully saturated rings. The molecular weight excluding hydrogens is 284 g/mol. The number of esters is 1. The minimum absolute atomic E-state index is 0.0462. The highest BCUT2D eigenvalue weighted by Crippen LogP contribution is 2.17. The lowest BCUT2D eigenvalue weighted by molar-refractivity contribution is -0.115. The molecule has 0 N–H and O–H groups in total. The maximum atomic E-state index is 11.7. The molecule has 1 rings (SSSR count). The summed E-state index contributed by atoms with van der Waals surface area (Å²) in [6, 6.07) is 5.38. The number of ketones is 1. The molecule has 17 heavy (non-hydrogen) atoms. The quantitative estimate of drug-likeness (QED) is 0.620. The molecule has 0 heterocycles. The van der Waals surface area contributed by atoms with E-state index >= 15 is 0 Å². The lowest BCUT2D eigenvalue weighted by Crippen LogP contribution is -2.13. The number of carbonyl (C=O) groups excluding carboxylic acids is 2. The first kappa shape index (κ1) is 13.9. The number of alkyl halides is 1. The Balaban J connectivity index is 3.08. The summed E-state index contributed by atoms with van der Waals surface area (Å²) in [5.74, 6) is -0.321. The fourth-order valence-electron chi connectivity index (χ4n) is 1.58. The Bertz CT molecular complexity index is 427. The van der Waals surface area contributed by atoms with Crippen LogP contribution in [0.2, 0.25) is 0 Å². The van der Waals surface area contributed by atoms with E-state index in [4.69, 9.17) is 4.74 Å². The molecule has 0 radical (unpaired) electrons. The molecule has 0 amide bonds. The second kappa shape index (κ2) is 6.55. The average Bonchev–Trinajstić information content (AvgIpc) is 2.31. The number of hydrogen-bond donors (Lipinski definition) is 0. The van der Waals surface area contributed by atoms with E-state index in [1.165, 1.54) is 0 Å². The maximum absolute atomic E-state index is 11.7. The van der Waals surface area contributed by atoms with Crippen LogP contribution in [0.4, 0.5) is 0 Å². The van der Waals surface area contributed by atoms with Crippen LogP contribution in [0.3, 0.4) is 0 Å². The Kier molecular flexibility index (Phi) is 5.35. The zero-order valence-corrected chi connectivity index (χ0v) is 11.5. The van der Waals surface area contributed by atoms with E-state index in [2.05, 4.69) is 15.9 Å². The highest BCUT2D eigenvalue weighted by atomic mass is 79.9. The van der Waals surface area contributed by atoms with Crippen LogP contribution in [-0.4, -0.2) is 23.7 Å². The second-order valence-electron chi connectivity index (χ2n) is 3.67. The Morgan fingerprint density at radius 1 is 1.35 bits per heavy atom. The summed E-state index contributed by atoms with van der Waals surface area (Å²) >= 11 is 3.12. The van der Waals surface area contributed by atoms with Crippen LogP contribution in [0.1, 0.15) is 28.4 Å². The van der Waals surface area contributed by atoms with Crippen LogP contribution >= 0.6 is 15.9 Å². The zero-order valence-electron chi connectivity index (χ0n) is 9.96. The van der Waals surface area contributed by atoms with Gasteiger partial charge in [-0.3, -0.25) is 4.79 Å². The summed E-state index contributed by atoms with van der Waals surface area (Å²) < 4.78 is 4.98. The summed E-state index contributed by atoms with van der Waals surface area (Å²) in [4.78, 5) is 23.2.